The molecule has 0 atom stereocenters. The van der Waals surface area contributed by atoms with E-state index in [9.17, 15) is 10.1 Å². The van der Waals surface area contributed by atoms with Crippen molar-refractivity contribution in [1.29, 1.82) is 0 Å². The molecular weight excluding hydrogens is 164 g/mol. The quantitative estimate of drug-likeness (QED) is 0.261. The second-order valence-corrected chi connectivity index (χ2v) is 1.52. The van der Waals surface area contributed by atoms with E-state index in [1.54, 1.807) is 0 Å². The third-order valence-corrected chi connectivity index (χ3v) is 1.18. The Morgan fingerprint density at radius 3 is 2.43 bits per heavy atom. The third kappa shape index (κ3) is 2.38. The second-order valence-electron chi connectivity index (χ2n) is 1.02. The molecule has 0 aromatic carbocycles. The fourth-order valence-electron chi connectivity index (χ4n) is 0.0436. The molecule has 0 saturated carbocycles. The standard InChI is InChI=1S/C2H5BrN2O2/c1-4(2-3)5(6)7/h2H2,1H3. The van der Waals surface area contributed by atoms with Crippen LogP contribution in [0.25, 0.3) is 0 Å². The first kappa shape index (κ1) is 6.68. The summed E-state index contributed by atoms with van der Waals surface area (Å²) in [6, 6.07) is 0. The zero-order valence-corrected chi connectivity index (χ0v) is 5.38. The molecule has 0 aromatic rings. The van der Waals surface area contributed by atoms with Crippen molar-refractivity contribution in [3.8, 4) is 0 Å². The maximum atomic E-state index is 9.63. The first-order valence-electron chi connectivity index (χ1n) is 1.60. The van der Waals surface area contributed by atoms with Crippen molar-refractivity contribution in [1.82, 2.24) is 5.01 Å². The molecule has 0 N–H and O–H groups in total. The van der Waals surface area contributed by atoms with E-state index < -0.39 is 5.03 Å². The molecule has 7 heavy (non-hydrogen) atoms. The van der Waals surface area contributed by atoms with Crippen LogP contribution in [0, 0.1) is 10.1 Å². The zero-order valence-electron chi connectivity index (χ0n) is 3.80. The van der Waals surface area contributed by atoms with Crippen LogP contribution < -0.4 is 0 Å². The Bertz CT molecular complexity index is 76.1. The van der Waals surface area contributed by atoms with E-state index in [1.165, 1.54) is 7.05 Å². The van der Waals surface area contributed by atoms with Gasteiger partial charge in [0.25, 0.3) is 0 Å². The summed E-state index contributed by atoms with van der Waals surface area (Å²) in [6.45, 7) is 0. The molecule has 0 fully saturated rings. The Morgan fingerprint density at radius 2 is 2.43 bits per heavy atom. The number of rotatable bonds is 2. The predicted octanol–water partition coefficient (Wildman–Crippen LogP) is 0.462. The van der Waals surface area contributed by atoms with Gasteiger partial charge in [-0.05, 0) is 0 Å². The number of nitrogens with zero attached hydrogens (tertiary/aromatic N) is 2. The van der Waals surface area contributed by atoms with Crippen LogP contribution >= 0.6 is 15.9 Å². The van der Waals surface area contributed by atoms with E-state index in [4.69, 9.17) is 0 Å². The van der Waals surface area contributed by atoms with Crippen LogP contribution in [0.4, 0.5) is 0 Å². The molecule has 0 unspecified atom stereocenters. The van der Waals surface area contributed by atoms with Crippen molar-refractivity contribution >= 4 is 15.9 Å². The summed E-state index contributed by atoms with van der Waals surface area (Å²) in [7, 11) is 1.38. The molecule has 0 rings (SSSR count). The topological polar surface area (TPSA) is 46.4 Å². The molecule has 0 aromatic heterocycles. The van der Waals surface area contributed by atoms with Gasteiger partial charge in [-0.1, -0.05) is 15.9 Å². The van der Waals surface area contributed by atoms with Gasteiger partial charge >= 0.3 is 0 Å². The molecule has 0 aliphatic carbocycles. The van der Waals surface area contributed by atoms with Crippen molar-refractivity contribution < 1.29 is 5.03 Å². The summed E-state index contributed by atoms with van der Waals surface area (Å²) >= 11 is 2.90. The zero-order chi connectivity index (χ0) is 5.86. The highest BCUT2D eigenvalue weighted by molar-refractivity contribution is 9.09. The minimum absolute atomic E-state index is 0.264. The van der Waals surface area contributed by atoms with Gasteiger partial charge in [0.05, 0.1) is 7.05 Å². The summed E-state index contributed by atoms with van der Waals surface area (Å²) in [6.07, 6.45) is 0. The molecule has 0 amide bonds. The van der Waals surface area contributed by atoms with Gasteiger partial charge in [-0.15, -0.1) is 5.01 Å². The molecule has 4 nitrogen and oxygen atoms in total. The first-order chi connectivity index (χ1) is 3.18. The number of hydrogen-bond acceptors (Lipinski definition) is 2. The van der Waals surface area contributed by atoms with Crippen LogP contribution in [0.2, 0.25) is 0 Å². The van der Waals surface area contributed by atoms with Crippen molar-refractivity contribution in [3.63, 3.8) is 0 Å². The molecule has 0 spiro atoms. The van der Waals surface area contributed by atoms with E-state index in [1.807, 2.05) is 0 Å². The van der Waals surface area contributed by atoms with Gasteiger partial charge in [0.15, 0.2) is 5.03 Å². The lowest BCUT2D eigenvalue weighted by Crippen LogP contribution is -2.22. The van der Waals surface area contributed by atoms with Gasteiger partial charge < -0.3 is 0 Å². The van der Waals surface area contributed by atoms with Gasteiger partial charge in [-0.25, -0.2) is 10.1 Å². The molecular formula is C2H5BrN2O2. The number of hydrazine groups is 1. The number of alkyl halides is 1. The molecule has 0 aliphatic rings. The average Bonchev–Trinajstić information content (AvgIpc) is 1.65. The van der Waals surface area contributed by atoms with E-state index in [2.05, 4.69) is 15.9 Å². The summed E-state index contributed by atoms with van der Waals surface area (Å²) < 4.78 is 0. The lowest BCUT2D eigenvalue weighted by Gasteiger charge is -1.99. The molecule has 0 bridgehead atoms. The Hall–Kier alpha value is -0.320. The minimum atomic E-state index is -0.491. The molecule has 0 heterocycles. The van der Waals surface area contributed by atoms with Crippen molar-refractivity contribution in [2.45, 2.75) is 0 Å². The Balaban J connectivity index is 3.34. The summed E-state index contributed by atoms with van der Waals surface area (Å²) in [5.74, 6) is 0. The lowest BCUT2D eigenvalue weighted by molar-refractivity contribution is -0.643. The van der Waals surface area contributed by atoms with Gasteiger partial charge in [-0.3, -0.25) is 0 Å². The van der Waals surface area contributed by atoms with Gasteiger partial charge in [0, 0.05) is 0 Å². The van der Waals surface area contributed by atoms with E-state index in [0.29, 0.717) is 0 Å². The van der Waals surface area contributed by atoms with Crippen molar-refractivity contribution in [3.05, 3.63) is 10.1 Å². The van der Waals surface area contributed by atoms with Crippen LogP contribution in [0.3, 0.4) is 0 Å². The highest BCUT2D eigenvalue weighted by Crippen LogP contribution is 1.85. The normalized spacial score (nSPS) is 8.29. The predicted molar refractivity (Wildman–Crippen MR) is 28.6 cm³/mol. The van der Waals surface area contributed by atoms with Crippen molar-refractivity contribution in [2.75, 3.05) is 12.5 Å². The van der Waals surface area contributed by atoms with E-state index >= 15 is 0 Å². The SMILES string of the molecule is CN(CBr)[N+](=O)[O-]. The van der Waals surface area contributed by atoms with Crippen LogP contribution in [0.1, 0.15) is 0 Å². The van der Waals surface area contributed by atoms with Gasteiger partial charge in [0.1, 0.15) is 5.45 Å². The number of hydrogen-bond donors (Lipinski definition) is 0. The molecule has 0 radical (unpaired) electrons. The Kier molecular flexibility index (Phi) is 2.66. The largest absolute Gasteiger partial charge is 0.235 e. The fourth-order valence-corrected chi connectivity index (χ4v) is 0.227. The van der Waals surface area contributed by atoms with Gasteiger partial charge in [-0.2, -0.15) is 0 Å². The smallest absolute Gasteiger partial charge is 0.160 e. The summed E-state index contributed by atoms with van der Waals surface area (Å²) in [5, 5.41) is 10.1. The maximum absolute atomic E-state index is 9.63. The monoisotopic (exact) mass is 168 g/mol. The molecule has 5 heteroatoms. The minimum Gasteiger partial charge on any atom is -0.235 e. The van der Waals surface area contributed by atoms with E-state index in [-0.39, 0.29) is 5.45 Å². The third-order valence-electron chi connectivity index (χ3n) is 0.452. The number of nitro groups is 1. The average molecular weight is 169 g/mol. The number of halogens is 1. The summed E-state index contributed by atoms with van der Waals surface area (Å²) in [4.78, 5) is 9.63. The Morgan fingerprint density at radius 1 is 2.00 bits per heavy atom. The fraction of sp³-hybridized carbons (Fsp3) is 1.00. The lowest BCUT2D eigenvalue weighted by atomic mass is 11.2. The van der Waals surface area contributed by atoms with Crippen LogP contribution in [0.15, 0.2) is 0 Å². The van der Waals surface area contributed by atoms with Crippen LogP contribution in [-0.4, -0.2) is 22.5 Å². The van der Waals surface area contributed by atoms with Crippen LogP contribution in [0.5, 0.6) is 0 Å². The highest BCUT2D eigenvalue weighted by Gasteiger charge is 1.99. The maximum Gasteiger partial charge on any atom is 0.160 e. The molecule has 42 valence electrons. The second kappa shape index (κ2) is 2.79. The van der Waals surface area contributed by atoms with Gasteiger partial charge in [0.2, 0.25) is 0 Å². The molecule has 0 saturated heterocycles. The first-order valence-corrected chi connectivity index (χ1v) is 2.72. The van der Waals surface area contributed by atoms with E-state index in [0.717, 1.165) is 5.01 Å². The molecule has 0 aliphatic heterocycles. The Labute approximate surface area is 49.4 Å². The van der Waals surface area contributed by atoms with Crippen LogP contribution in [-0.2, 0) is 0 Å². The highest BCUT2D eigenvalue weighted by atomic mass is 79.9. The summed E-state index contributed by atoms with van der Waals surface area (Å²) in [5.41, 5.74) is 0.264. The van der Waals surface area contributed by atoms with Crippen molar-refractivity contribution in [2.24, 2.45) is 0 Å².